The summed E-state index contributed by atoms with van der Waals surface area (Å²) < 4.78 is 39.6. The summed E-state index contributed by atoms with van der Waals surface area (Å²) in [5, 5.41) is 0. The summed E-state index contributed by atoms with van der Waals surface area (Å²) in [4.78, 5) is 35.3. The Morgan fingerprint density at radius 1 is 1.09 bits per heavy atom. The molecule has 1 amide bonds. The first-order valence-electron chi connectivity index (χ1n) is 10.6. The van der Waals surface area contributed by atoms with Crippen molar-refractivity contribution in [3.8, 4) is 11.1 Å². The zero-order valence-corrected chi connectivity index (χ0v) is 18.7. The smallest absolute Gasteiger partial charge is 0.338 e. The van der Waals surface area contributed by atoms with Crippen LogP contribution in [0, 0.1) is 13.8 Å². The second kappa shape index (κ2) is 10.4. The number of pyridine rings is 1. The van der Waals surface area contributed by atoms with Crippen LogP contribution in [0.25, 0.3) is 11.1 Å². The minimum atomic E-state index is -4.40. The first-order chi connectivity index (χ1) is 16.1. The van der Waals surface area contributed by atoms with Gasteiger partial charge in [-0.2, -0.15) is 22.8 Å². The number of likely N-dealkylation sites (tertiary alicyclic amines) is 1. The van der Waals surface area contributed by atoms with Gasteiger partial charge in [0.1, 0.15) is 0 Å². The zero-order chi connectivity index (χ0) is 24.9. The van der Waals surface area contributed by atoms with E-state index in [9.17, 15) is 18.0 Å². The van der Waals surface area contributed by atoms with Crippen molar-refractivity contribution in [3.63, 3.8) is 0 Å². The molecular formula is C26H23F3N2O3. The molecule has 1 fully saturated rings. The second-order valence-electron chi connectivity index (χ2n) is 8.22. The van der Waals surface area contributed by atoms with Gasteiger partial charge >= 0.3 is 12.3 Å². The summed E-state index contributed by atoms with van der Waals surface area (Å²) in [6.07, 6.45) is 0.315. The number of hydrogen-bond donors (Lipinski definition) is 0. The van der Waals surface area contributed by atoms with Crippen LogP contribution >= 0.6 is 0 Å². The molecule has 1 unspecified atom stereocenters. The van der Waals surface area contributed by atoms with E-state index in [1.54, 1.807) is 37.4 Å². The van der Waals surface area contributed by atoms with E-state index < -0.39 is 11.7 Å². The van der Waals surface area contributed by atoms with Gasteiger partial charge < -0.3 is 4.90 Å². The number of aryl methyl sites for hydroxylation is 2. The lowest BCUT2D eigenvalue weighted by Gasteiger charge is -2.18. The Morgan fingerprint density at radius 2 is 1.82 bits per heavy atom. The fourth-order valence-corrected chi connectivity index (χ4v) is 4.24. The first kappa shape index (κ1) is 24.9. The molecule has 1 aromatic heterocycles. The van der Waals surface area contributed by atoms with Gasteiger partial charge in [0.2, 0.25) is 0 Å². The molecule has 4 rings (SSSR count). The molecule has 1 saturated heterocycles. The van der Waals surface area contributed by atoms with Crippen LogP contribution in [0.1, 0.15) is 45.0 Å². The molecule has 3 aromatic rings. The van der Waals surface area contributed by atoms with Crippen LogP contribution in [0.15, 0.2) is 60.9 Å². The molecule has 0 saturated carbocycles. The third-order valence-corrected chi connectivity index (χ3v) is 5.82. The molecule has 2 heterocycles. The summed E-state index contributed by atoms with van der Waals surface area (Å²) >= 11 is 0. The maximum absolute atomic E-state index is 13.2. The van der Waals surface area contributed by atoms with Gasteiger partial charge in [-0.25, -0.2) is 0 Å². The third kappa shape index (κ3) is 5.77. The summed E-state index contributed by atoms with van der Waals surface area (Å²) in [5.41, 5.74) is 3.53. The number of alkyl halides is 3. The lowest BCUT2D eigenvalue weighted by atomic mass is 9.95. The van der Waals surface area contributed by atoms with Crippen molar-refractivity contribution >= 4 is 12.1 Å². The van der Waals surface area contributed by atoms with Gasteiger partial charge in [0, 0.05) is 37.0 Å². The van der Waals surface area contributed by atoms with Gasteiger partial charge in [-0.3, -0.25) is 9.78 Å². The highest BCUT2D eigenvalue weighted by atomic mass is 19.4. The molecule has 0 aliphatic carbocycles. The predicted octanol–water partition coefficient (Wildman–Crippen LogP) is 5.43. The van der Waals surface area contributed by atoms with Gasteiger partial charge in [-0.05, 0) is 78.4 Å². The number of aromatic nitrogens is 1. The first-order valence-corrected chi connectivity index (χ1v) is 10.6. The highest BCUT2D eigenvalue weighted by Gasteiger charge is 2.31. The van der Waals surface area contributed by atoms with E-state index in [4.69, 9.17) is 9.59 Å². The molecular weight excluding hydrogens is 445 g/mol. The van der Waals surface area contributed by atoms with Gasteiger partial charge in [-0.15, -0.1) is 0 Å². The average Bonchev–Trinajstić information content (AvgIpc) is 3.29. The molecule has 0 N–H and O–H groups in total. The molecule has 34 heavy (non-hydrogen) atoms. The molecule has 1 aliphatic heterocycles. The predicted molar refractivity (Wildman–Crippen MR) is 119 cm³/mol. The van der Waals surface area contributed by atoms with Crippen molar-refractivity contribution in [2.75, 3.05) is 13.1 Å². The fraction of sp³-hybridized carbons (Fsp3) is 0.269. The quantitative estimate of drug-likeness (QED) is 0.514. The molecule has 1 atom stereocenters. The molecule has 0 bridgehead atoms. The molecule has 0 radical (unpaired) electrons. The summed E-state index contributed by atoms with van der Waals surface area (Å²) in [6, 6.07) is 13.2. The molecule has 5 nitrogen and oxygen atoms in total. The lowest BCUT2D eigenvalue weighted by Crippen LogP contribution is -2.28. The molecule has 176 valence electrons. The van der Waals surface area contributed by atoms with Crippen LogP contribution in [0.2, 0.25) is 0 Å². The highest BCUT2D eigenvalue weighted by molar-refractivity contribution is 5.95. The summed E-state index contributed by atoms with van der Waals surface area (Å²) in [6.45, 7) is 4.78. The van der Waals surface area contributed by atoms with E-state index >= 15 is 0 Å². The SMILES string of the molecule is Cc1cc(-c2ccc(C(=O)N3CCC(c4cccnc4)C3)cc2C)cc(C(F)(F)F)c1.O=C=O. The van der Waals surface area contributed by atoms with Crippen LogP contribution in [0.3, 0.4) is 0 Å². The zero-order valence-electron chi connectivity index (χ0n) is 18.7. The highest BCUT2D eigenvalue weighted by Crippen LogP contribution is 2.35. The Bertz CT molecular complexity index is 1200. The number of amides is 1. The monoisotopic (exact) mass is 468 g/mol. The minimum absolute atomic E-state index is 0.0544. The molecule has 0 spiro atoms. The van der Waals surface area contributed by atoms with Gasteiger partial charge in [0.15, 0.2) is 0 Å². The Balaban J connectivity index is 0.00000103. The van der Waals surface area contributed by atoms with Gasteiger partial charge in [0.25, 0.3) is 5.91 Å². The van der Waals surface area contributed by atoms with E-state index in [1.165, 1.54) is 0 Å². The largest absolute Gasteiger partial charge is 0.416 e. The van der Waals surface area contributed by atoms with Gasteiger partial charge in [0.05, 0.1) is 5.56 Å². The second-order valence-corrected chi connectivity index (χ2v) is 8.22. The summed E-state index contributed by atoms with van der Waals surface area (Å²) in [5.74, 6) is 0.215. The summed E-state index contributed by atoms with van der Waals surface area (Å²) in [7, 11) is 0. The van der Waals surface area contributed by atoms with E-state index in [0.29, 0.717) is 35.3 Å². The van der Waals surface area contributed by atoms with Crippen molar-refractivity contribution in [1.29, 1.82) is 0 Å². The van der Waals surface area contributed by atoms with E-state index in [2.05, 4.69) is 4.98 Å². The van der Waals surface area contributed by atoms with E-state index in [1.807, 2.05) is 30.2 Å². The van der Waals surface area contributed by atoms with Crippen molar-refractivity contribution in [2.45, 2.75) is 32.4 Å². The van der Waals surface area contributed by atoms with Crippen LogP contribution < -0.4 is 0 Å². The van der Waals surface area contributed by atoms with Crippen LogP contribution in [0.4, 0.5) is 13.2 Å². The topological polar surface area (TPSA) is 67.3 Å². The number of halogens is 3. The molecule has 8 heteroatoms. The van der Waals surface area contributed by atoms with Gasteiger partial charge in [-0.1, -0.05) is 18.2 Å². The Labute approximate surface area is 195 Å². The van der Waals surface area contributed by atoms with Crippen molar-refractivity contribution < 1.29 is 27.6 Å². The fourth-order valence-electron chi connectivity index (χ4n) is 4.24. The number of nitrogens with zero attached hydrogens (tertiary/aromatic N) is 2. The number of carbonyl (C=O) groups is 1. The van der Waals surface area contributed by atoms with E-state index in [-0.39, 0.29) is 18.0 Å². The Hall–Kier alpha value is -3.77. The molecule has 1 aliphatic rings. The van der Waals surface area contributed by atoms with Crippen LogP contribution in [0.5, 0.6) is 0 Å². The standard InChI is InChI=1S/C25H23F3N2O.CO2/c1-16-10-21(13-22(11-16)25(26,27)28)23-6-5-18(12-17(23)2)24(31)30-9-7-20(15-30)19-4-3-8-29-14-19;2-1-3/h3-6,8,10-14,20H,7,9,15H2,1-2H3;. The van der Waals surface area contributed by atoms with Crippen molar-refractivity contribution in [1.82, 2.24) is 9.88 Å². The Morgan fingerprint density at radius 3 is 2.44 bits per heavy atom. The number of hydrogen-bond acceptors (Lipinski definition) is 4. The Kier molecular flexibility index (Phi) is 7.64. The lowest BCUT2D eigenvalue weighted by molar-refractivity contribution is -0.191. The maximum atomic E-state index is 13.2. The number of carbonyl (C=O) groups excluding carboxylic acids is 3. The number of rotatable bonds is 3. The average molecular weight is 468 g/mol. The molecule has 2 aromatic carbocycles. The van der Waals surface area contributed by atoms with Crippen molar-refractivity contribution in [3.05, 3.63) is 88.7 Å². The number of benzene rings is 2. The van der Waals surface area contributed by atoms with Crippen LogP contribution in [-0.4, -0.2) is 35.0 Å². The third-order valence-electron chi connectivity index (χ3n) is 5.82. The maximum Gasteiger partial charge on any atom is 0.416 e. The van der Waals surface area contributed by atoms with Crippen LogP contribution in [-0.2, 0) is 15.8 Å². The normalized spacial score (nSPS) is 15.3. The van der Waals surface area contributed by atoms with Crippen molar-refractivity contribution in [2.24, 2.45) is 0 Å². The van der Waals surface area contributed by atoms with E-state index in [0.717, 1.165) is 29.7 Å². The minimum Gasteiger partial charge on any atom is -0.338 e.